The second-order valence-electron chi connectivity index (χ2n) is 4.82. The number of anilines is 1. The molecule has 0 atom stereocenters. The molecule has 5 heteroatoms. The van der Waals surface area contributed by atoms with Crippen molar-refractivity contribution in [2.45, 2.75) is 39.5 Å². The Labute approximate surface area is 125 Å². The SMILES string of the molecule is CCCCN(CCCC)c1ccc(C(N)=S)c(F)c1F. The minimum atomic E-state index is -0.951. The first-order valence-corrected chi connectivity index (χ1v) is 7.46. The summed E-state index contributed by atoms with van der Waals surface area (Å²) >= 11 is 4.72. The van der Waals surface area contributed by atoms with Gasteiger partial charge in [-0.1, -0.05) is 38.9 Å². The second kappa shape index (κ2) is 8.15. The van der Waals surface area contributed by atoms with Gasteiger partial charge in [-0.25, -0.2) is 8.78 Å². The minimum Gasteiger partial charge on any atom is -0.389 e. The Hall–Kier alpha value is -1.23. The van der Waals surface area contributed by atoms with E-state index in [0.29, 0.717) is 5.69 Å². The number of benzene rings is 1. The highest BCUT2D eigenvalue weighted by molar-refractivity contribution is 7.80. The molecule has 0 radical (unpaired) electrons. The Morgan fingerprint density at radius 3 is 2.10 bits per heavy atom. The zero-order chi connectivity index (χ0) is 15.1. The van der Waals surface area contributed by atoms with Gasteiger partial charge in [-0.05, 0) is 25.0 Å². The van der Waals surface area contributed by atoms with Crippen LogP contribution in [0, 0.1) is 11.6 Å². The molecule has 0 aromatic heterocycles. The number of hydrogen-bond acceptors (Lipinski definition) is 2. The van der Waals surface area contributed by atoms with Gasteiger partial charge < -0.3 is 10.6 Å². The lowest BCUT2D eigenvalue weighted by molar-refractivity contribution is 0.503. The van der Waals surface area contributed by atoms with Gasteiger partial charge in [0.25, 0.3) is 0 Å². The first-order chi connectivity index (χ1) is 9.52. The van der Waals surface area contributed by atoms with Crippen molar-refractivity contribution in [3.63, 3.8) is 0 Å². The summed E-state index contributed by atoms with van der Waals surface area (Å²) in [5.74, 6) is -1.81. The molecule has 2 nitrogen and oxygen atoms in total. The van der Waals surface area contributed by atoms with Crippen molar-refractivity contribution < 1.29 is 8.78 Å². The Kier molecular flexibility index (Phi) is 6.85. The number of unbranched alkanes of at least 4 members (excludes halogenated alkanes) is 2. The van der Waals surface area contributed by atoms with E-state index in [1.165, 1.54) is 6.07 Å². The highest BCUT2D eigenvalue weighted by atomic mass is 32.1. The summed E-state index contributed by atoms with van der Waals surface area (Å²) in [5.41, 5.74) is 5.64. The van der Waals surface area contributed by atoms with E-state index in [1.807, 2.05) is 4.90 Å². The normalized spacial score (nSPS) is 10.6. The maximum absolute atomic E-state index is 14.2. The van der Waals surface area contributed by atoms with Crippen molar-refractivity contribution in [1.82, 2.24) is 0 Å². The number of rotatable bonds is 8. The van der Waals surface area contributed by atoms with Crippen LogP contribution < -0.4 is 10.6 Å². The third kappa shape index (κ3) is 4.13. The lowest BCUT2D eigenvalue weighted by Gasteiger charge is -2.25. The van der Waals surface area contributed by atoms with Crippen molar-refractivity contribution >= 4 is 22.9 Å². The molecule has 1 aromatic carbocycles. The van der Waals surface area contributed by atoms with E-state index in [1.54, 1.807) is 6.07 Å². The number of hydrogen-bond donors (Lipinski definition) is 1. The average Bonchev–Trinajstić information content (AvgIpc) is 2.42. The van der Waals surface area contributed by atoms with Crippen molar-refractivity contribution in [3.05, 3.63) is 29.3 Å². The van der Waals surface area contributed by atoms with Crippen LogP contribution in [0.1, 0.15) is 45.1 Å². The third-order valence-electron chi connectivity index (χ3n) is 3.23. The quantitative estimate of drug-likeness (QED) is 0.736. The summed E-state index contributed by atoms with van der Waals surface area (Å²) in [5, 5.41) is 0. The fourth-order valence-corrected chi connectivity index (χ4v) is 2.18. The summed E-state index contributed by atoms with van der Waals surface area (Å²) in [6, 6.07) is 3.03. The number of halogens is 2. The molecule has 0 saturated heterocycles. The van der Waals surface area contributed by atoms with Crippen LogP contribution in [-0.4, -0.2) is 18.1 Å². The zero-order valence-electron chi connectivity index (χ0n) is 12.1. The second-order valence-corrected chi connectivity index (χ2v) is 5.26. The molecule has 0 fully saturated rings. The van der Waals surface area contributed by atoms with E-state index in [4.69, 9.17) is 18.0 Å². The van der Waals surface area contributed by atoms with E-state index in [0.717, 1.165) is 38.8 Å². The van der Waals surface area contributed by atoms with Crippen molar-refractivity contribution in [2.24, 2.45) is 5.73 Å². The molecule has 0 aliphatic heterocycles. The Balaban J connectivity index is 3.06. The monoisotopic (exact) mass is 300 g/mol. The van der Waals surface area contributed by atoms with Crippen LogP contribution in [0.4, 0.5) is 14.5 Å². The van der Waals surface area contributed by atoms with Gasteiger partial charge in [-0.3, -0.25) is 0 Å². The Morgan fingerprint density at radius 1 is 1.10 bits per heavy atom. The molecule has 0 unspecified atom stereocenters. The molecule has 0 bridgehead atoms. The number of nitrogens with zero attached hydrogens (tertiary/aromatic N) is 1. The molecule has 20 heavy (non-hydrogen) atoms. The standard InChI is InChI=1S/C15H22F2N2S/c1-3-5-9-19(10-6-4-2)12-8-7-11(15(18)20)13(16)14(12)17/h7-8H,3-6,9-10H2,1-2H3,(H2,18,20). The maximum atomic E-state index is 14.2. The lowest BCUT2D eigenvalue weighted by atomic mass is 10.1. The first kappa shape index (κ1) is 16.8. The molecular formula is C15H22F2N2S. The number of nitrogens with two attached hydrogens (primary N) is 1. The molecular weight excluding hydrogens is 278 g/mol. The Morgan fingerprint density at radius 2 is 1.65 bits per heavy atom. The fraction of sp³-hybridized carbons (Fsp3) is 0.533. The minimum absolute atomic E-state index is 0.0350. The van der Waals surface area contributed by atoms with Gasteiger partial charge in [0.05, 0.1) is 5.69 Å². The zero-order valence-corrected chi connectivity index (χ0v) is 12.9. The molecule has 0 aliphatic rings. The van der Waals surface area contributed by atoms with E-state index in [9.17, 15) is 8.78 Å². The molecule has 0 aliphatic carbocycles. The van der Waals surface area contributed by atoms with Gasteiger partial charge in [0.2, 0.25) is 0 Å². The van der Waals surface area contributed by atoms with Crippen LogP contribution in [0.3, 0.4) is 0 Å². The van der Waals surface area contributed by atoms with E-state index in [2.05, 4.69) is 13.8 Å². The predicted molar refractivity (Wildman–Crippen MR) is 84.3 cm³/mol. The van der Waals surface area contributed by atoms with Crippen LogP contribution in [0.5, 0.6) is 0 Å². The van der Waals surface area contributed by atoms with Gasteiger partial charge in [0.1, 0.15) is 4.99 Å². The van der Waals surface area contributed by atoms with E-state index < -0.39 is 11.6 Å². The molecule has 1 rings (SSSR count). The van der Waals surface area contributed by atoms with Crippen LogP contribution in [-0.2, 0) is 0 Å². The number of thiocarbonyl (C=S) groups is 1. The molecule has 1 aromatic rings. The van der Waals surface area contributed by atoms with Crippen molar-refractivity contribution in [1.29, 1.82) is 0 Å². The largest absolute Gasteiger partial charge is 0.389 e. The summed E-state index contributed by atoms with van der Waals surface area (Å²) < 4.78 is 28.1. The van der Waals surface area contributed by atoms with Gasteiger partial charge in [-0.15, -0.1) is 0 Å². The summed E-state index contributed by atoms with van der Waals surface area (Å²) in [6.07, 6.45) is 3.92. The van der Waals surface area contributed by atoms with Crippen LogP contribution in [0.25, 0.3) is 0 Å². The summed E-state index contributed by atoms with van der Waals surface area (Å²) in [7, 11) is 0. The molecule has 0 saturated carbocycles. The van der Waals surface area contributed by atoms with Gasteiger partial charge in [-0.2, -0.15) is 0 Å². The van der Waals surface area contributed by atoms with Gasteiger partial charge in [0, 0.05) is 18.7 Å². The van der Waals surface area contributed by atoms with Crippen molar-refractivity contribution in [2.75, 3.05) is 18.0 Å². The van der Waals surface area contributed by atoms with E-state index >= 15 is 0 Å². The highest BCUT2D eigenvalue weighted by Crippen LogP contribution is 2.25. The van der Waals surface area contributed by atoms with Gasteiger partial charge >= 0.3 is 0 Å². The topological polar surface area (TPSA) is 29.3 Å². The highest BCUT2D eigenvalue weighted by Gasteiger charge is 2.18. The summed E-state index contributed by atoms with van der Waals surface area (Å²) in [6.45, 7) is 5.59. The summed E-state index contributed by atoms with van der Waals surface area (Å²) in [4.78, 5) is 1.77. The smallest absolute Gasteiger partial charge is 0.182 e. The fourth-order valence-electron chi connectivity index (χ4n) is 2.02. The molecule has 112 valence electrons. The average molecular weight is 300 g/mol. The van der Waals surface area contributed by atoms with Crippen molar-refractivity contribution in [3.8, 4) is 0 Å². The van der Waals surface area contributed by atoms with Crippen LogP contribution >= 0.6 is 12.2 Å². The Bertz CT molecular complexity index is 455. The van der Waals surface area contributed by atoms with Gasteiger partial charge in [0.15, 0.2) is 11.6 Å². The molecule has 0 spiro atoms. The lowest BCUT2D eigenvalue weighted by Crippen LogP contribution is -2.27. The molecule has 2 N–H and O–H groups in total. The third-order valence-corrected chi connectivity index (χ3v) is 3.45. The predicted octanol–water partition coefficient (Wildman–Crippen LogP) is 4.01. The van der Waals surface area contributed by atoms with Crippen LogP contribution in [0.15, 0.2) is 12.1 Å². The maximum Gasteiger partial charge on any atom is 0.182 e. The van der Waals surface area contributed by atoms with E-state index in [-0.39, 0.29) is 10.6 Å². The molecule has 0 heterocycles. The van der Waals surface area contributed by atoms with Crippen LogP contribution in [0.2, 0.25) is 0 Å². The molecule has 0 amide bonds. The first-order valence-electron chi connectivity index (χ1n) is 7.05.